The first-order valence-electron chi connectivity index (χ1n) is 9.38. The van der Waals surface area contributed by atoms with Crippen LogP contribution in [-0.2, 0) is 11.2 Å². The third-order valence-electron chi connectivity index (χ3n) is 4.86. The second kappa shape index (κ2) is 9.22. The van der Waals surface area contributed by atoms with Crippen LogP contribution < -0.4 is 15.4 Å². The molecule has 1 aromatic heterocycles. The molecule has 0 radical (unpaired) electrons. The van der Waals surface area contributed by atoms with E-state index in [1.54, 1.807) is 13.3 Å². The Balaban J connectivity index is 1.45. The van der Waals surface area contributed by atoms with Gasteiger partial charge < -0.3 is 15.4 Å². The molecule has 1 aromatic carbocycles. The number of benzene rings is 1. The number of pyridine rings is 1. The number of carbonyl (C=O) groups is 1. The summed E-state index contributed by atoms with van der Waals surface area (Å²) in [7, 11) is 1.68. The average Bonchev–Trinajstić information content (AvgIpc) is 2.70. The zero-order valence-corrected chi connectivity index (χ0v) is 15.3. The molecule has 5 heteroatoms. The van der Waals surface area contributed by atoms with E-state index < -0.39 is 0 Å². The number of methoxy groups -OCH3 is 1. The molecule has 2 N–H and O–H groups in total. The number of ether oxygens (including phenoxy) is 1. The lowest BCUT2D eigenvalue weighted by molar-refractivity contribution is -0.120. The molecule has 0 atom stereocenters. The molecule has 1 amide bonds. The van der Waals surface area contributed by atoms with Crippen molar-refractivity contribution < 1.29 is 9.53 Å². The highest BCUT2D eigenvalue weighted by Gasteiger charge is 2.20. The van der Waals surface area contributed by atoms with E-state index in [1.165, 1.54) is 12.0 Å². The highest BCUT2D eigenvalue weighted by atomic mass is 16.5. The van der Waals surface area contributed by atoms with Gasteiger partial charge in [0.05, 0.1) is 19.0 Å². The summed E-state index contributed by atoms with van der Waals surface area (Å²) in [5.74, 6) is 1.97. The van der Waals surface area contributed by atoms with Gasteiger partial charge in [0.1, 0.15) is 11.6 Å². The van der Waals surface area contributed by atoms with Crippen molar-refractivity contribution >= 4 is 17.4 Å². The van der Waals surface area contributed by atoms with Gasteiger partial charge in [-0.25, -0.2) is 4.98 Å². The van der Waals surface area contributed by atoms with Crippen molar-refractivity contribution in [2.24, 2.45) is 5.92 Å². The lowest BCUT2D eigenvalue weighted by Gasteiger charge is -2.20. The minimum Gasteiger partial charge on any atom is -0.497 e. The molecule has 26 heavy (non-hydrogen) atoms. The quantitative estimate of drug-likeness (QED) is 0.780. The van der Waals surface area contributed by atoms with Gasteiger partial charge in [0, 0.05) is 12.5 Å². The van der Waals surface area contributed by atoms with E-state index in [-0.39, 0.29) is 11.8 Å². The first-order chi connectivity index (χ1) is 12.7. The number of nitrogens with one attached hydrogen (secondary N) is 2. The van der Waals surface area contributed by atoms with E-state index in [0.29, 0.717) is 0 Å². The fraction of sp³-hybridized carbons (Fsp3) is 0.429. The fourth-order valence-electron chi connectivity index (χ4n) is 3.34. The smallest absolute Gasteiger partial charge is 0.227 e. The van der Waals surface area contributed by atoms with Gasteiger partial charge in [0.2, 0.25) is 5.91 Å². The number of amides is 1. The molecule has 0 bridgehead atoms. The van der Waals surface area contributed by atoms with Crippen LogP contribution in [0.4, 0.5) is 11.5 Å². The van der Waals surface area contributed by atoms with E-state index in [9.17, 15) is 4.79 Å². The Bertz CT molecular complexity index is 709. The first kappa shape index (κ1) is 18.2. The van der Waals surface area contributed by atoms with Gasteiger partial charge in [0.15, 0.2) is 0 Å². The largest absolute Gasteiger partial charge is 0.497 e. The first-order valence-corrected chi connectivity index (χ1v) is 9.38. The molecule has 138 valence electrons. The van der Waals surface area contributed by atoms with Crippen LogP contribution in [-0.4, -0.2) is 24.5 Å². The monoisotopic (exact) mass is 353 g/mol. The molecule has 5 nitrogen and oxygen atoms in total. The molecule has 1 heterocycles. The lowest BCUT2D eigenvalue weighted by atomic mass is 9.88. The van der Waals surface area contributed by atoms with E-state index in [4.69, 9.17) is 4.74 Å². The van der Waals surface area contributed by atoms with Crippen LogP contribution in [0, 0.1) is 5.92 Å². The molecular formula is C21H27N3O2. The maximum Gasteiger partial charge on any atom is 0.227 e. The van der Waals surface area contributed by atoms with Gasteiger partial charge in [-0.05, 0) is 49.1 Å². The predicted molar refractivity (Wildman–Crippen MR) is 105 cm³/mol. The Morgan fingerprint density at radius 3 is 2.77 bits per heavy atom. The summed E-state index contributed by atoms with van der Waals surface area (Å²) in [6.45, 7) is 0.786. The molecule has 1 fully saturated rings. The van der Waals surface area contributed by atoms with Crippen LogP contribution in [0.3, 0.4) is 0 Å². The maximum absolute atomic E-state index is 12.3. The Kier molecular flexibility index (Phi) is 6.47. The van der Waals surface area contributed by atoms with Crippen molar-refractivity contribution in [3.63, 3.8) is 0 Å². The van der Waals surface area contributed by atoms with Crippen LogP contribution in [0.25, 0.3) is 0 Å². The SMILES string of the molecule is COc1cccc(CCNc2ccc(NC(=O)C3CCCCC3)cn2)c1. The van der Waals surface area contributed by atoms with Crippen molar-refractivity contribution in [3.8, 4) is 5.75 Å². The molecule has 1 aliphatic rings. The number of hydrogen-bond donors (Lipinski definition) is 2. The van der Waals surface area contributed by atoms with Gasteiger partial charge >= 0.3 is 0 Å². The van der Waals surface area contributed by atoms with Crippen molar-refractivity contribution in [1.29, 1.82) is 0 Å². The molecule has 2 aromatic rings. The lowest BCUT2D eigenvalue weighted by Crippen LogP contribution is -2.24. The Hall–Kier alpha value is -2.56. The van der Waals surface area contributed by atoms with Crippen molar-refractivity contribution in [2.75, 3.05) is 24.3 Å². The molecule has 0 spiro atoms. The molecular weight excluding hydrogens is 326 g/mol. The van der Waals surface area contributed by atoms with Crippen LogP contribution in [0.2, 0.25) is 0 Å². The molecule has 0 saturated heterocycles. The Morgan fingerprint density at radius 1 is 1.19 bits per heavy atom. The zero-order valence-electron chi connectivity index (χ0n) is 15.3. The van der Waals surface area contributed by atoms with Gasteiger partial charge in [-0.3, -0.25) is 4.79 Å². The van der Waals surface area contributed by atoms with Gasteiger partial charge in [-0.15, -0.1) is 0 Å². The average molecular weight is 353 g/mol. The third kappa shape index (κ3) is 5.22. The maximum atomic E-state index is 12.3. The fourth-order valence-corrected chi connectivity index (χ4v) is 3.34. The summed E-state index contributed by atoms with van der Waals surface area (Å²) in [6.07, 6.45) is 8.18. The number of aromatic nitrogens is 1. The number of carbonyl (C=O) groups excluding carboxylic acids is 1. The van der Waals surface area contributed by atoms with E-state index in [2.05, 4.69) is 21.7 Å². The van der Waals surface area contributed by atoms with E-state index in [1.807, 2.05) is 30.3 Å². The van der Waals surface area contributed by atoms with Gasteiger partial charge in [-0.1, -0.05) is 31.4 Å². The van der Waals surface area contributed by atoms with Crippen LogP contribution in [0.5, 0.6) is 5.75 Å². The second-order valence-electron chi connectivity index (χ2n) is 6.78. The Morgan fingerprint density at radius 2 is 2.04 bits per heavy atom. The van der Waals surface area contributed by atoms with Crippen LogP contribution in [0.15, 0.2) is 42.6 Å². The molecule has 3 rings (SSSR count). The molecule has 0 aliphatic heterocycles. The molecule has 0 unspecified atom stereocenters. The van der Waals surface area contributed by atoms with Crippen molar-refractivity contribution in [3.05, 3.63) is 48.2 Å². The summed E-state index contributed by atoms with van der Waals surface area (Å²) in [4.78, 5) is 16.7. The minimum absolute atomic E-state index is 0.130. The predicted octanol–water partition coefficient (Wildman–Crippen LogP) is 4.26. The van der Waals surface area contributed by atoms with Gasteiger partial charge in [-0.2, -0.15) is 0 Å². The number of nitrogens with zero attached hydrogens (tertiary/aromatic N) is 1. The summed E-state index contributed by atoms with van der Waals surface area (Å²) < 4.78 is 5.24. The van der Waals surface area contributed by atoms with Gasteiger partial charge in [0.25, 0.3) is 0 Å². The highest BCUT2D eigenvalue weighted by molar-refractivity contribution is 5.92. The normalized spacial score (nSPS) is 14.7. The summed E-state index contributed by atoms with van der Waals surface area (Å²) in [5.41, 5.74) is 1.98. The second-order valence-corrected chi connectivity index (χ2v) is 6.78. The standard InChI is InChI=1S/C21H27N3O2/c1-26-19-9-5-6-16(14-19)12-13-22-20-11-10-18(15-23-20)24-21(25)17-7-3-2-4-8-17/h5-6,9-11,14-15,17H,2-4,7-8,12-13H2,1H3,(H,22,23)(H,24,25). The third-order valence-corrected chi connectivity index (χ3v) is 4.86. The van der Waals surface area contributed by atoms with Crippen molar-refractivity contribution in [1.82, 2.24) is 4.98 Å². The summed E-state index contributed by atoms with van der Waals surface area (Å²) >= 11 is 0. The number of anilines is 2. The Labute approximate surface area is 155 Å². The molecule has 1 saturated carbocycles. The summed E-state index contributed by atoms with van der Waals surface area (Å²) in [6, 6.07) is 11.9. The zero-order chi connectivity index (χ0) is 18.2. The van der Waals surface area contributed by atoms with E-state index >= 15 is 0 Å². The topological polar surface area (TPSA) is 63.2 Å². The number of hydrogen-bond acceptors (Lipinski definition) is 4. The van der Waals surface area contributed by atoms with Crippen LogP contribution >= 0.6 is 0 Å². The minimum atomic E-state index is 0.130. The van der Waals surface area contributed by atoms with Crippen molar-refractivity contribution in [2.45, 2.75) is 38.5 Å². The highest BCUT2D eigenvalue weighted by Crippen LogP contribution is 2.25. The number of rotatable bonds is 7. The van der Waals surface area contributed by atoms with E-state index in [0.717, 1.165) is 55.9 Å². The van der Waals surface area contributed by atoms with Crippen LogP contribution in [0.1, 0.15) is 37.7 Å². The summed E-state index contributed by atoms with van der Waals surface area (Å²) in [5, 5.41) is 6.30. The molecule has 1 aliphatic carbocycles.